The average molecular weight is 295 g/mol. The van der Waals surface area contributed by atoms with Crippen LogP contribution in [0.5, 0.6) is 0 Å². The van der Waals surface area contributed by atoms with Crippen LogP contribution in [-0.4, -0.2) is 40.8 Å². The van der Waals surface area contributed by atoms with Gasteiger partial charge in [0, 0.05) is 18.3 Å². The van der Waals surface area contributed by atoms with Crippen molar-refractivity contribution in [3.8, 4) is 0 Å². The lowest BCUT2D eigenvalue weighted by atomic mass is 9.84. The number of nitrogens with one attached hydrogen (secondary N) is 1. The van der Waals surface area contributed by atoms with Crippen molar-refractivity contribution in [2.45, 2.75) is 40.2 Å². The third kappa shape index (κ3) is 3.36. The molecule has 6 heteroatoms. The molecule has 1 atom stereocenters. The maximum Gasteiger partial charge on any atom is 0.246 e. The van der Waals surface area contributed by atoms with E-state index in [0.717, 1.165) is 10.7 Å². The molecule has 1 fully saturated rings. The van der Waals surface area contributed by atoms with Gasteiger partial charge in [0.1, 0.15) is 6.04 Å². The minimum atomic E-state index is -0.444. The van der Waals surface area contributed by atoms with Gasteiger partial charge in [-0.15, -0.1) is 11.3 Å². The highest BCUT2D eigenvalue weighted by Gasteiger charge is 2.39. The van der Waals surface area contributed by atoms with Crippen LogP contribution in [0.1, 0.15) is 31.5 Å². The number of thiazole rings is 1. The first-order valence-corrected chi connectivity index (χ1v) is 7.64. The molecule has 0 spiro atoms. The Balaban J connectivity index is 2.03. The summed E-state index contributed by atoms with van der Waals surface area (Å²) in [5.74, 6) is -0.0805. The molecule has 0 radical (unpaired) electrons. The van der Waals surface area contributed by atoms with Crippen molar-refractivity contribution in [1.82, 2.24) is 15.2 Å². The molecule has 0 saturated carbocycles. The van der Waals surface area contributed by atoms with Crippen LogP contribution in [0.4, 0.5) is 0 Å². The Kier molecular flexibility index (Phi) is 4.13. The fourth-order valence-corrected chi connectivity index (χ4v) is 2.90. The lowest BCUT2D eigenvalue weighted by Crippen LogP contribution is -2.62. The number of carbonyl (C=O) groups excluding carboxylic acids is 2. The number of amides is 2. The van der Waals surface area contributed by atoms with Gasteiger partial charge in [-0.25, -0.2) is 4.98 Å². The Morgan fingerprint density at radius 1 is 1.45 bits per heavy atom. The van der Waals surface area contributed by atoms with Gasteiger partial charge in [0.05, 0.1) is 17.2 Å². The normalized spacial score (nSPS) is 20.2. The Morgan fingerprint density at radius 2 is 2.15 bits per heavy atom. The summed E-state index contributed by atoms with van der Waals surface area (Å²) in [7, 11) is 0. The lowest BCUT2D eigenvalue weighted by Gasteiger charge is -2.38. The van der Waals surface area contributed by atoms with Gasteiger partial charge in [-0.05, 0) is 12.3 Å². The van der Waals surface area contributed by atoms with Gasteiger partial charge in [-0.3, -0.25) is 9.59 Å². The highest BCUT2D eigenvalue weighted by Crippen LogP contribution is 2.23. The van der Waals surface area contributed by atoms with E-state index in [4.69, 9.17) is 0 Å². The Labute approximate surface area is 123 Å². The molecule has 2 rings (SSSR count). The summed E-state index contributed by atoms with van der Waals surface area (Å²) < 4.78 is 0. The van der Waals surface area contributed by atoms with Crippen molar-refractivity contribution in [3.05, 3.63) is 16.1 Å². The minimum absolute atomic E-state index is 0.00375. The van der Waals surface area contributed by atoms with E-state index in [9.17, 15) is 9.59 Å². The van der Waals surface area contributed by atoms with E-state index in [1.807, 2.05) is 33.1 Å². The Morgan fingerprint density at radius 3 is 2.70 bits per heavy atom. The highest BCUT2D eigenvalue weighted by atomic mass is 32.1. The van der Waals surface area contributed by atoms with Crippen molar-refractivity contribution in [1.29, 1.82) is 0 Å². The van der Waals surface area contributed by atoms with Gasteiger partial charge in [0.2, 0.25) is 11.8 Å². The van der Waals surface area contributed by atoms with Crippen LogP contribution in [-0.2, 0) is 16.0 Å². The lowest BCUT2D eigenvalue weighted by molar-refractivity contribution is -0.147. The summed E-state index contributed by atoms with van der Waals surface area (Å²) in [6.45, 7) is 8.54. The van der Waals surface area contributed by atoms with Crippen molar-refractivity contribution < 1.29 is 9.59 Å². The highest BCUT2D eigenvalue weighted by molar-refractivity contribution is 7.09. The van der Waals surface area contributed by atoms with Crippen LogP contribution in [0, 0.1) is 12.3 Å². The average Bonchev–Trinajstić information content (AvgIpc) is 2.74. The number of nitrogens with zero attached hydrogens (tertiary/aromatic N) is 2. The number of hydrogen-bond acceptors (Lipinski definition) is 4. The van der Waals surface area contributed by atoms with E-state index < -0.39 is 6.04 Å². The van der Waals surface area contributed by atoms with E-state index >= 15 is 0 Å². The van der Waals surface area contributed by atoms with Crippen molar-refractivity contribution in [3.63, 3.8) is 0 Å². The van der Waals surface area contributed by atoms with E-state index in [1.165, 1.54) is 0 Å². The molecule has 0 aliphatic carbocycles. The largest absolute Gasteiger partial charge is 0.342 e. The molecule has 1 saturated heterocycles. The second-order valence-corrected chi connectivity index (χ2v) is 7.30. The molecule has 110 valence electrons. The van der Waals surface area contributed by atoms with E-state index in [2.05, 4.69) is 10.3 Å². The quantitative estimate of drug-likeness (QED) is 0.916. The molecule has 1 aliphatic rings. The molecule has 1 N–H and O–H groups in total. The van der Waals surface area contributed by atoms with E-state index in [1.54, 1.807) is 16.2 Å². The van der Waals surface area contributed by atoms with E-state index in [0.29, 0.717) is 13.0 Å². The molecule has 1 aromatic heterocycles. The Hall–Kier alpha value is -1.43. The molecular formula is C14H21N3O2S. The first-order chi connectivity index (χ1) is 9.27. The molecule has 1 aliphatic heterocycles. The second-order valence-electron chi connectivity index (χ2n) is 6.23. The van der Waals surface area contributed by atoms with Crippen LogP contribution in [0.2, 0.25) is 0 Å². The fourth-order valence-electron chi connectivity index (χ4n) is 2.25. The summed E-state index contributed by atoms with van der Waals surface area (Å²) >= 11 is 1.60. The second kappa shape index (κ2) is 5.52. The van der Waals surface area contributed by atoms with Crippen molar-refractivity contribution in [2.24, 2.45) is 5.41 Å². The van der Waals surface area contributed by atoms with Crippen LogP contribution < -0.4 is 5.32 Å². The van der Waals surface area contributed by atoms with Crippen LogP contribution in [0.15, 0.2) is 5.38 Å². The van der Waals surface area contributed by atoms with Crippen molar-refractivity contribution in [2.75, 3.05) is 13.1 Å². The zero-order valence-corrected chi connectivity index (χ0v) is 13.2. The van der Waals surface area contributed by atoms with Gasteiger partial charge in [-0.1, -0.05) is 20.8 Å². The zero-order valence-electron chi connectivity index (χ0n) is 12.4. The number of carbonyl (C=O) groups is 2. The summed E-state index contributed by atoms with van der Waals surface area (Å²) in [4.78, 5) is 30.2. The molecular weight excluding hydrogens is 274 g/mol. The topological polar surface area (TPSA) is 62.3 Å². The van der Waals surface area contributed by atoms with Crippen LogP contribution in [0.3, 0.4) is 0 Å². The van der Waals surface area contributed by atoms with Crippen LogP contribution in [0.25, 0.3) is 0 Å². The van der Waals surface area contributed by atoms with Gasteiger partial charge in [0.25, 0.3) is 0 Å². The molecule has 0 aromatic carbocycles. The smallest absolute Gasteiger partial charge is 0.246 e. The summed E-state index contributed by atoms with van der Waals surface area (Å²) in [5.41, 5.74) is 0.710. The van der Waals surface area contributed by atoms with Crippen molar-refractivity contribution >= 4 is 23.2 Å². The third-order valence-corrected chi connectivity index (χ3v) is 4.19. The van der Waals surface area contributed by atoms with E-state index in [-0.39, 0.29) is 23.8 Å². The number of hydrogen-bond donors (Lipinski definition) is 1. The maximum atomic E-state index is 12.4. The van der Waals surface area contributed by atoms with Crippen LogP contribution >= 0.6 is 11.3 Å². The number of aryl methyl sites for hydroxylation is 1. The molecule has 1 unspecified atom stereocenters. The number of aromatic nitrogens is 1. The molecule has 20 heavy (non-hydrogen) atoms. The van der Waals surface area contributed by atoms with Gasteiger partial charge < -0.3 is 10.2 Å². The fraction of sp³-hybridized carbons (Fsp3) is 0.643. The SMILES string of the molecule is Cc1nc(CCN2CC(=O)NC(C(C)(C)C)C2=O)cs1. The molecule has 2 amide bonds. The first kappa shape index (κ1) is 15.0. The zero-order chi connectivity index (χ0) is 14.9. The monoisotopic (exact) mass is 295 g/mol. The van der Waals surface area contributed by atoms with Gasteiger partial charge >= 0.3 is 0 Å². The van der Waals surface area contributed by atoms with Gasteiger partial charge in [-0.2, -0.15) is 0 Å². The molecule has 1 aromatic rings. The number of rotatable bonds is 3. The molecule has 5 nitrogen and oxygen atoms in total. The standard InChI is InChI=1S/C14H21N3O2S/c1-9-15-10(8-20-9)5-6-17-7-11(18)16-12(13(17)19)14(2,3)4/h8,12H,5-7H2,1-4H3,(H,16,18). The predicted octanol–water partition coefficient (Wildman–Crippen LogP) is 1.37. The minimum Gasteiger partial charge on any atom is -0.342 e. The summed E-state index contributed by atoms with van der Waals surface area (Å²) in [5, 5.41) is 5.82. The summed E-state index contributed by atoms with van der Waals surface area (Å²) in [6.07, 6.45) is 0.695. The Bertz CT molecular complexity index is 519. The molecule has 0 bridgehead atoms. The number of piperazine rings is 1. The predicted molar refractivity (Wildman–Crippen MR) is 78.5 cm³/mol. The molecule has 2 heterocycles. The summed E-state index contributed by atoms with van der Waals surface area (Å²) in [6, 6.07) is -0.444. The van der Waals surface area contributed by atoms with Gasteiger partial charge in [0.15, 0.2) is 0 Å². The third-order valence-electron chi connectivity index (χ3n) is 3.37. The first-order valence-electron chi connectivity index (χ1n) is 6.76. The maximum absolute atomic E-state index is 12.4.